The zero-order valence-corrected chi connectivity index (χ0v) is 25.1. The van der Waals surface area contributed by atoms with E-state index in [2.05, 4.69) is 15.7 Å². The number of pyridine rings is 1. The second-order valence-corrected chi connectivity index (χ2v) is 11.8. The molecule has 8 nitrogen and oxygen atoms in total. The molecule has 0 radical (unpaired) electrons. The zero-order chi connectivity index (χ0) is 30.0. The summed E-state index contributed by atoms with van der Waals surface area (Å²) in [5.41, 5.74) is 6.09. The summed E-state index contributed by atoms with van der Waals surface area (Å²) in [6.45, 7) is 5.92. The molecule has 1 unspecified atom stereocenters. The van der Waals surface area contributed by atoms with Crippen molar-refractivity contribution in [3.63, 3.8) is 0 Å². The molecule has 2 N–H and O–H groups in total. The Labute approximate surface area is 250 Å². The molecule has 0 saturated heterocycles. The van der Waals surface area contributed by atoms with Crippen molar-refractivity contribution in [1.82, 2.24) is 19.7 Å². The summed E-state index contributed by atoms with van der Waals surface area (Å²) in [6.07, 6.45) is 6.36. The molecule has 1 fully saturated rings. The van der Waals surface area contributed by atoms with Crippen LogP contribution >= 0.6 is 11.6 Å². The molecule has 42 heavy (non-hydrogen) atoms. The van der Waals surface area contributed by atoms with Gasteiger partial charge in [0.05, 0.1) is 11.9 Å². The van der Waals surface area contributed by atoms with Crippen molar-refractivity contribution in [3.8, 4) is 22.4 Å². The molecule has 2 heterocycles. The van der Waals surface area contributed by atoms with Gasteiger partial charge in [0.15, 0.2) is 0 Å². The third-order valence-electron chi connectivity index (χ3n) is 7.67. The van der Waals surface area contributed by atoms with Crippen LogP contribution in [-0.2, 0) is 23.1 Å². The lowest BCUT2D eigenvalue weighted by molar-refractivity contribution is -0.126. The lowest BCUT2D eigenvalue weighted by atomic mass is 9.99. The fraction of sp³-hybridized carbons (Fsp3) is 0.333. The summed E-state index contributed by atoms with van der Waals surface area (Å²) in [6, 6.07) is 15.7. The van der Waals surface area contributed by atoms with Gasteiger partial charge in [0.1, 0.15) is 6.04 Å². The highest BCUT2D eigenvalue weighted by Crippen LogP contribution is 2.32. The van der Waals surface area contributed by atoms with Crippen LogP contribution in [0.3, 0.4) is 0 Å². The molecule has 0 aliphatic heterocycles. The van der Waals surface area contributed by atoms with Crippen molar-refractivity contribution < 1.29 is 9.59 Å². The average molecular weight is 586 g/mol. The molecule has 1 saturated carbocycles. The minimum absolute atomic E-state index is 0.0150. The number of carbonyl (C=O) groups excluding carboxylic acids is 2. The fourth-order valence-electron chi connectivity index (χ4n) is 5.16. The second kappa shape index (κ2) is 12.4. The first-order valence-corrected chi connectivity index (χ1v) is 14.7. The predicted molar refractivity (Wildman–Crippen MR) is 167 cm³/mol. The van der Waals surface area contributed by atoms with Gasteiger partial charge in [0, 0.05) is 54.5 Å². The molecular formula is C33H36ClN5O3. The number of aryl methyl sites for hydroxylation is 2. The van der Waals surface area contributed by atoms with Crippen molar-refractivity contribution in [2.24, 2.45) is 13.0 Å². The van der Waals surface area contributed by atoms with Crippen molar-refractivity contribution in [2.75, 3.05) is 5.32 Å². The van der Waals surface area contributed by atoms with E-state index in [9.17, 15) is 14.4 Å². The Morgan fingerprint density at radius 2 is 1.71 bits per heavy atom. The Kier molecular flexibility index (Phi) is 8.64. The van der Waals surface area contributed by atoms with Gasteiger partial charge in [-0.05, 0) is 92.1 Å². The number of nitrogens with one attached hydrogen (secondary N) is 2. The Hall–Kier alpha value is -4.17. The van der Waals surface area contributed by atoms with Crippen LogP contribution in [0.25, 0.3) is 22.4 Å². The smallest absolute Gasteiger partial charge is 0.250 e. The van der Waals surface area contributed by atoms with E-state index in [4.69, 9.17) is 11.6 Å². The van der Waals surface area contributed by atoms with Crippen molar-refractivity contribution in [3.05, 3.63) is 93.5 Å². The maximum atomic E-state index is 13.6. The van der Waals surface area contributed by atoms with Gasteiger partial charge in [0.2, 0.25) is 11.8 Å². The second-order valence-electron chi connectivity index (χ2n) is 11.4. The number of amides is 2. The highest BCUT2D eigenvalue weighted by Gasteiger charge is 2.28. The summed E-state index contributed by atoms with van der Waals surface area (Å²) in [5, 5.41) is 10.7. The third kappa shape index (κ3) is 6.82. The Bertz CT molecular complexity index is 1650. The minimum Gasteiger partial charge on any atom is -0.344 e. The fourth-order valence-corrected chi connectivity index (χ4v) is 5.35. The zero-order valence-electron chi connectivity index (χ0n) is 24.4. The number of nitrogens with zero attached hydrogens (tertiary/aromatic N) is 3. The third-order valence-corrected chi connectivity index (χ3v) is 8.04. The Morgan fingerprint density at radius 3 is 2.36 bits per heavy atom. The molecule has 5 rings (SSSR count). The molecule has 1 aliphatic carbocycles. The number of hydrogen-bond donors (Lipinski definition) is 2. The Balaban J connectivity index is 1.38. The molecule has 1 aliphatic rings. The standard InChI is InChI=1S/C33H36ClN5O3/c1-20(2)39-19-25(10-14-31(39)41)24-9-13-28(34)26(16-24)17-29(37-30(40)15-22-5-6-22)33(42)36-27-11-7-23(8-12-27)32-21(3)18-35-38(32)4/h7-14,16,18-20,22,29H,5-6,15,17H2,1-4H3,(H,36,42)(H,37,40). The van der Waals surface area contributed by atoms with Crippen LogP contribution < -0.4 is 16.2 Å². The molecule has 4 aromatic rings. The lowest BCUT2D eigenvalue weighted by Gasteiger charge is -2.20. The molecule has 0 spiro atoms. The van der Waals surface area contributed by atoms with Gasteiger partial charge in [-0.1, -0.05) is 29.8 Å². The van der Waals surface area contributed by atoms with E-state index in [0.29, 0.717) is 23.0 Å². The predicted octanol–water partition coefficient (Wildman–Crippen LogP) is 5.92. The maximum absolute atomic E-state index is 13.6. The summed E-state index contributed by atoms with van der Waals surface area (Å²) in [4.78, 5) is 38.7. The van der Waals surface area contributed by atoms with Crippen LogP contribution in [0.2, 0.25) is 5.02 Å². The molecule has 2 amide bonds. The van der Waals surface area contributed by atoms with Crippen LogP contribution in [0.4, 0.5) is 5.69 Å². The van der Waals surface area contributed by atoms with Crippen molar-refractivity contribution >= 4 is 29.1 Å². The van der Waals surface area contributed by atoms with E-state index in [1.165, 1.54) is 0 Å². The van der Waals surface area contributed by atoms with Crippen LogP contribution in [-0.4, -0.2) is 32.2 Å². The number of anilines is 1. The van der Waals surface area contributed by atoms with Gasteiger partial charge in [0.25, 0.3) is 5.56 Å². The highest BCUT2D eigenvalue weighted by molar-refractivity contribution is 6.31. The van der Waals surface area contributed by atoms with Crippen LogP contribution in [0.15, 0.2) is 71.8 Å². The number of rotatable bonds is 10. The molecule has 218 valence electrons. The number of carbonyl (C=O) groups is 2. The molecule has 2 aromatic carbocycles. The van der Waals surface area contributed by atoms with Gasteiger partial charge in [-0.3, -0.25) is 19.1 Å². The molecule has 2 aromatic heterocycles. The van der Waals surface area contributed by atoms with E-state index in [1.54, 1.807) is 22.8 Å². The van der Waals surface area contributed by atoms with Crippen LogP contribution in [0, 0.1) is 12.8 Å². The maximum Gasteiger partial charge on any atom is 0.250 e. The van der Waals surface area contributed by atoms with Gasteiger partial charge < -0.3 is 15.2 Å². The number of hydrogen-bond acceptors (Lipinski definition) is 4. The van der Waals surface area contributed by atoms with E-state index in [0.717, 1.165) is 46.4 Å². The van der Waals surface area contributed by atoms with Crippen molar-refractivity contribution in [2.45, 2.75) is 58.5 Å². The summed E-state index contributed by atoms with van der Waals surface area (Å²) >= 11 is 6.62. The van der Waals surface area contributed by atoms with E-state index >= 15 is 0 Å². The van der Waals surface area contributed by atoms with Crippen LogP contribution in [0.5, 0.6) is 0 Å². The van der Waals surface area contributed by atoms with Gasteiger partial charge in [-0.2, -0.15) is 5.10 Å². The average Bonchev–Trinajstić information content (AvgIpc) is 3.71. The topological polar surface area (TPSA) is 98.0 Å². The lowest BCUT2D eigenvalue weighted by Crippen LogP contribution is -2.45. The first-order chi connectivity index (χ1) is 20.1. The van der Waals surface area contributed by atoms with Gasteiger partial charge in [-0.15, -0.1) is 0 Å². The van der Waals surface area contributed by atoms with Gasteiger partial charge in [-0.25, -0.2) is 0 Å². The van der Waals surface area contributed by atoms with E-state index in [-0.39, 0.29) is 29.8 Å². The van der Waals surface area contributed by atoms with E-state index < -0.39 is 6.04 Å². The number of aromatic nitrogens is 3. The molecule has 1 atom stereocenters. The van der Waals surface area contributed by atoms with Gasteiger partial charge >= 0.3 is 0 Å². The highest BCUT2D eigenvalue weighted by atomic mass is 35.5. The van der Waals surface area contributed by atoms with Crippen molar-refractivity contribution in [1.29, 1.82) is 0 Å². The monoisotopic (exact) mass is 585 g/mol. The summed E-state index contributed by atoms with van der Waals surface area (Å²) in [5.74, 6) is -0.0744. The Morgan fingerprint density at radius 1 is 1.02 bits per heavy atom. The first-order valence-electron chi connectivity index (χ1n) is 14.3. The molecule has 0 bridgehead atoms. The number of halogens is 1. The quantitative estimate of drug-likeness (QED) is 0.241. The largest absolute Gasteiger partial charge is 0.344 e. The summed E-state index contributed by atoms with van der Waals surface area (Å²) in [7, 11) is 1.90. The normalized spacial score (nSPS) is 13.7. The number of benzene rings is 2. The molecular weight excluding hydrogens is 550 g/mol. The summed E-state index contributed by atoms with van der Waals surface area (Å²) < 4.78 is 3.50. The SMILES string of the molecule is Cc1cnn(C)c1-c1ccc(NC(=O)C(Cc2cc(-c3ccc(=O)n(C(C)C)c3)ccc2Cl)NC(=O)CC2CC2)cc1. The first kappa shape index (κ1) is 29.3. The molecule has 9 heteroatoms. The minimum atomic E-state index is -0.826. The van der Waals surface area contributed by atoms with E-state index in [1.807, 2.05) is 81.3 Å². The van der Waals surface area contributed by atoms with Crippen LogP contribution in [0.1, 0.15) is 50.3 Å².